The SMILES string of the molecule is C[C@@H](O)c1cc2c(nc1Cl)CC(F)C=C2. The minimum Gasteiger partial charge on any atom is -0.389 e. The third-order valence-electron chi connectivity index (χ3n) is 2.44. The topological polar surface area (TPSA) is 33.1 Å². The van der Waals surface area contributed by atoms with Crippen LogP contribution in [0.5, 0.6) is 0 Å². The van der Waals surface area contributed by atoms with E-state index in [4.69, 9.17) is 11.6 Å². The number of allylic oxidation sites excluding steroid dienone is 1. The monoisotopic (exact) mass is 227 g/mol. The number of hydrogen-bond donors (Lipinski definition) is 1. The second-order valence-electron chi connectivity index (χ2n) is 3.66. The van der Waals surface area contributed by atoms with Crippen molar-refractivity contribution in [3.63, 3.8) is 0 Å². The van der Waals surface area contributed by atoms with Crippen LogP contribution in [0.1, 0.15) is 29.8 Å². The van der Waals surface area contributed by atoms with E-state index in [0.29, 0.717) is 11.3 Å². The molecule has 1 aliphatic carbocycles. The van der Waals surface area contributed by atoms with Crippen molar-refractivity contribution < 1.29 is 9.50 Å². The largest absolute Gasteiger partial charge is 0.389 e. The van der Waals surface area contributed by atoms with Gasteiger partial charge >= 0.3 is 0 Å². The number of halogens is 2. The maximum atomic E-state index is 13.0. The molecule has 1 aromatic heterocycles. The Bertz CT molecular complexity index is 417. The molecule has 0 aromatic carbocycles. The highest BCUT2D eigenvalue weighted by molar-refractivity contribution is 6.30. The first kappa shape index (κ1) is 10.6. The Morgan fingerprint density at radius 2 is 2.40 bits per heavy atom. The summed E-state index contributed by atoms with van der Waals surface area (Å²) in [6.07, 6.45) is 1.78. The number of aromatic nitrogens is 1. The Balaban J connectivity index is 2.49. The van der Waals surface area contributed by atoms with E-state index in [9.17, 15) is 9.50 Å². The van der Waals surface area contributed by atoms with Crippen molar-refractivity contribution in [2.75, 3.05) is 0 Å². The maximum Gasteiger partial charge on any atom is 0.135 e. The number of rotatable bonds is 1. The summed E-state index contributed by atoms with van der Waals surface area (Å²) in [4.78, 5) is 4.10. The summed E-state index contributed by atoms with van der Waals surface area (Å²) in [7, 11) is 0. The summed E-state index contributed by atoms with van der Waals surface area (Å²) in [5.41, 5.74) is 2.07. The van der Waals surface area contributed by atoms with Crippen LogP contribution < -0.4 is 0 Å². The first-order valence-corrected chi connectivity index (χ1v) is 5.15. The molecular weight excluding hydrogens is 217 g/mol. The van der Waals surface area contributed by atoms with Gasteiger partial charge in [0.15, 0.2) is 0 Å². The van der Waals surface area contributed by atoms with Gasteiger partial charge in [-0.25, -0.2) is 9.37 Å². The van der Waals surface area contributed by atoms with Gasteiger partial charge in [0, 0.05) is 12.0 Å². The van der Waals surface area contributed by atoms with Crippen molar-refractivity contribution in [3.8, 4) is 0 Å². The summed E-state index contributed by atoms with van der Waals surface area (Å²) in [6.45, 7) is 1.62. The van der Waals surface area contributed by atoms with Crippen molar-refractivity contribution >= 4 is 17.7 Å². The van der Waals surface area contributed by atoms with Crippen LogP contribution in [0.4, 0.5) is 4.39 Å². The van der Waals surface area contributed by atoms with Crippen LogP contribution in [0.3, 0.4) is 0 Å². The zero-order valence-electron chi connectivity index (χ0n) is 8.24. The lowest BCUT2D eigenvalue weighted by molar-refractivity contribution is 0.199. The normalized spacial score (nSPS) is 21.2. The first-order valence-electron chi connectivity index (χ1n) is 4.77. The molecule has 1 aromatic rings. The zero-order valence-corrected chi connectivity index (χ0v) is 9.00. The molecule has 1 unspecified atom stereocenters. The third kappa shape index (κ3) is 2.03. The molecule has 0 saturated carbocycles. The minimum absolute atomic E-state index is 0.256. The van der Waals surface area contributed by atoms with Crippen molar-refractivity contribution in [1.82, 2.24) is 4.98 Å². The van der Waals surface area contributed by atoms with Crippen molar-refractivity contribution in [1.29, 1.82) is 0 Å². The lowest BCUT2D eigenvalue weighted by Crippen LogP contribution is -2.10. The molecule has 2 nitrogen and oxygen atoms in total. The van der Waals surface area contributed by atoms with Gasteiger partial charge in [-0.2, -0.15) is 0 Å². The highest BCUT2D eigenvalue weighted by Crippen LogP contribution is 2.27. The highest BCUT2D eigenvalue weighted by atomic mass is 35.5. The lowest BCUT2D eigenvalue weighted by Gasteiger charge is -2.16. The van der Waals surface area contributed by atoms with Gasteiger partial charge < -0.3 is 5.11 Å². The summed E-state index contributed by atoms with van der Waals surface area (Å²) in [5.74, 6) is 0. The molecule has 0 fully saturated rings. The van der Waals surface area contributed by atoms with Gasteiger partial charge in [-0.05, 0) is 24.6 Å². The molecule has 2 atom stereocenters. The predicted molar refractivity (Wildman–Crippen MR) is 57.5 cm³/mol. The Morgan fingerprint density at radius 3 is 3.07 bits per heavy atom. The Labute approximate surface area is 92.4 Å². The van der Waals surface area contributed by atoms with Crippen molar-refractivity contribution in [3.05, 3.63) is 34.1 Å². The number of fused-ring (bicyclic) bond motifs is 1. The fourth-order valence-electron chi connectivity index (χ4n) is 1.62. The molecule has 0 spiro atoms. The third-order valence-corrected chi connectivity index (χ3v) is 2.74. The van der Waals surface area contributed by atoms with Gasteiger partial charge in [0.2, 0.25) is 0 Å². The van der Waals surface area contributed by atoms with Crippen LogP contribution in [0.25, 0.3) is 6.08 Å². The van der Waals surface area contributed by atoms with E-state index < -0.39 is 12.3 Å². The second kappa shape index (κ2) is 3.91. The van der Waals surface area contributed by atoms with E-state index in [2.05, 4.69) is 4.98 Å². The molecule has 4 heteroatoms. The molecule has 0 bridgehead atoms. The average Bonchev–Trinajstić information content (AvgIpc) is 2.15. The van der Waals surface area contributed by atoms with Crippen LogP contribution in [-0.4, -0.2) is 16.3 Å². The van der Waals surface area contributed by atoms with E-state index in [1.807, 2.05) is 0 Å². The zero-order chi connectivity index (χ0) is 11.0. The van der Waals surface area contributed by atoms with E-state index in [-0.39, 0.29) is 11.6 Å². The van der Waals surface area contributed by atoms with Gasteiger partial charge in [0.25, 0.3) is 0 Å². The van der Waals surface area contributed by atoms with Gasteiger partial charge in [0.1, 0.15) is 11.3 Å². The van der Waals surface area contributed by atoms with E-state index >= 15 is 0 Å². The number of hydrogen-bond acceptors (Lipinski definition) is 2. The average molecular weight is 228 g/mol. The minimum atomic E-state index is -0.988. The molecule has 1 aliphatic rings. The van der Waals surface area contributed by atoms with Gasteiger partial charge in [-0.1, -0.05) is 17.7 Å². The number of aliphatic hydroxyl groups is 1. The molecule has 1 heterocycles. The molecule has 80 valence electrons. The van der Waals surface area contributed by atoms with E-state index in [1.54, 1.807) is 19.1 Å². The molecular formula is C11H11ClFNO. The van der Waals surface area contributed by atoms with E-state index in [0.717, 1.165) is 5.56 Å². The smallest absolute Gasteiger partial charge is 0.135 e. The van der Waals surface area contributed by atoms with Crippen LogP contribution in [0, 0.1) is 0 Å². The summed E-state index contributed by atoms with van der Waals surface area (Å²) in [6, 6.07) is 1.76. The standard InChI is InChI=1S/C11H11ClFNO/c1-6(15)9-4-7-2-3-8(13)5-10(7)14-11(9)12/h2-4,6,8,15H,5H2,1H3/t6-,8?/m1/s1. The maximum absolute atomic E-state index is 13.0. The summed E-state index contributed by atoms with van der Waals surface area (Å²) >= 11 is 5.89. The molecule has 15 heavy (non-hydrogen) atoms. The Hall–Kier alpha value is -0.930. The molecule has 2 rings (SSSR count). The Morgan fingerprint density at radius 1 is 1.67 bits per heavy atom. The van der Waals surface area contributed by atoms with Crippen molar-refractivity contribution in [2.24, 2.45) is 0 Å². The summed E-state index contributed by atoms with van der Waals surface area (Å²) in [5, 5.41) is 9.69. The van der Waals surface area contributed by atoms with Gasteiger partial charge in [0.05, 0.1) is 11.8 Å². The van der Waals surface area contributed by atoms with Gasteiger partial charge in [-0.15, -0.1) is 0 Å². The van der Waals surface area contributed by atoms with Crippen LogP contribution in [-0.2, 0) is 6.42 Å². The fraction of sp³-hybridized carbons (Fsp3) is 0.364. The quantitative estimate of drug-likeness (QED) is 0.749. The fourth-order valence-corrected chi connectivity index (χ4v) is 1.93. The van der Waals surface area contributed by atoms with Crippen LogP contribution >= 0.6 is 11.6 Å². The highest BCUT2D eigenvalue weighted by Gasteiger charge is 2.18. The second-order valence-corrected chi connectivity index (χ2v) is 4.02. The molecule has 0 saturated heterocycles. The molecule has 1 N–H and O–H groups in total. The van der Waals surface area contributed by atoms with Crippen LogP contribution in [0.2, 0.25) is 5.15 Å². The van der Waals surface area contributed by atoms with E-state index in [1.165, 1.54) is 6.08 Å². The van der Waals surface area contributed by atoms with Gasteiger partial charge in [-0.3, -0.25) is 0 Å². The predicted octanol–water partition coefficient (Wildman–Crippen LogP) is 2.70. The number of aliphatic hydroxyl groups excluding tert-OH is 1. The Kier molecular flexibility index (Phi) is 2.76. The lowest BCUT2D eigenvalue weighted by atomic mass is 9.99. The number of pyridine rings is 1. The van der Waals surface area contributed by atoms with Crippen LogP contribution in [0.15, 0.2) is 12.1 Å². The van der Waals surface area contributed by atoms with Crippen molar-refractivity contribution in [2.45, 2.75) is 25.6 Å². The molecule has 0 aliphatic heterocycles. The molecule has 0 radical (unpaired) electrons. The summed E-state index contributed by atoms with van der Waals surface area (Å²) < 4.78 is 13.0. The molecule has 0 amide bonds. The number of alkyl halides is 1. The first-order chi connectivity index (χ1) is 7.08. The number of nitrogens with zero attached hydrogens (tertiary/aromatic N) is 1.